The molecule has 1 saturated heterocycles. The fourth-order valence-electron chi connectivity index (χ4n) is 4.43. The van der Waals surface area contributed by atoms with E-state index in [-0.39, 0.29) is 29.1 Å². The summed E-state index contributed by atoms with van der Waals surface area (Å²) in [6.07, 6.45) is 5.22. The minimum atomic E-state index is -0.748. The molecule has 208 valence electrons. The van der Waals surface area contributed by atoms with Crippen LogP contribution in [-0.4, -0.2) is 60.3 Å². The molecule has 2 aromatic rings. The number of aromatic amines is 1. The first-order valence-corrected chi connectivity index (χ1v) is 12.7. The Bertz CT molecular complexity index is 1340. The zero-order valence-corrected chi connectivity index (χ0v) is 22.7. The van der Waals surface area contributed by atoms with Gasteiger partial charge in [0.1, 0.15) is 11.3 Å². The van der Waals surface area contributed by atoms with Crippen molar-refractivity contribution in [3.63, 3.8) is 0 Å². The molecule has 0 radical (unpaired) electrons. The first-order valence-electron chi connectivity index (χ1n) is 12.4. The van der Waals surface area contributed by atoms with Gasteiger partial charge in [0, 0.05) is 43.1 Å². The lowest BCUT2D eigenvalue weighted by atomic mass is 9.98. The van der Waals surface area contributed by atoms with Crippen LogP contribution < -0.4 is 22.5 Å². The molecular formula is C27H33ClFN7O3. The van der Waals surface area contributed by atoms with E-state index in [2.05, 4.69) is 33.9 Å². The van der Waals surface area contributed by atoms with Crippen molar-refractivity contribution in [1.82, 2.24) is 15.1 Å². The zero-order chi connectivity index (χ0) is 28.7. The van der Waals surface area contributed by atoms with E-state index in [1.165, 1.54) is 6.08 Å². The molecule has 12 heteroatoms. The Kier molecular flexibility index (Phi) is 9.98. The highest BCUT2D eigenvalue weighted by Crippen LogP contribution is 2.45. The molecule has 10 nitrogen and oxygen atoms in total. The lowest BCUT2D eigenvalue weighted by molar-refractivity contribution is -0.127. The number of aromatic nitrogens is 2. The van der Waals surface area contributed by atoms with Crippen LogP contribution in [0.1, 0.15) is 52.9 Å². The Morgan fingerprint density at radius 1 is 1.33 bits per heavy atom. The van der Waals surface area contributed by atoms with E-state index < -0.39 is 11.9 Å². The Morgan fingerprint density at radius 2 is 2.05 bits per heavy atom. The molecule has 1 unspecified atom stereocenters. The van der Waals surface area contributed by atoms with Crippen LogP contribution in [0, 0.1) is 17.8 Å². The lowest BCUT2D eigenvalue weighted by Gasteiger charge is -2.22. The third-order valence-electron chi connectivity index (χ3n) is 6.44. The van der Waals surface area contributed by atoms with Crippen LogP contribution in [0.15, 0.2) is 30.7 Å². The number of hydrogen-bond acceptors (Lipinski definition) is 7. The summed E-state index contributed by atoms with van der Waals surface area (Å²) in [6.45, 7) is 4.95. The number of likely N-dealkylation sites (tertiary alicyclic amines) is 1. The van der Waals surface area contributed by atoms with Gasteiger partial charge in [0.05, 0.1) is 17.7 Å². The van der Waals surface area contributed by atoms with Crippen molar-refractivity contribution in [1.29, 1.82) is 0 Å². The van der Waals surface area contributed by atoms with Gasteiger partial charge in [-0.2, -0.15) is 9.49 Å². The van der Waals surface area contributed by atoms with Gasteiger partial charge in [0.25, 0.3) is 5.91 Å². The number of carbonyl (C=O) groups is 2. The maximum Gasteiger partial charge on any atom is 0.255 e. The van der Waals surface area contributed by atoms with Gasteiger partial charge in [0.15, 0.2) is 11.8 Å². The summed E-state index contributed by atoms with van der Waals surface area (Å²) in [5, 5.41) is 9.62. The third-order valence-corrected chi connectivity index (χ3v) is 6.75. The topological polar surface area (TPSA) is 165 Å². The van der Waals surface area contributed by atoms with E-state index in [0.717, 1.165) is 32.2 Å². The molecule has 1 atom stereocenters. The summed E-state index contributed by atoms with van der Waals surface area (Å²) in [5.41, 5.74) is 18.8. The molecule has 1 saturated carbocycles. The Hall–Kier alpha value is -4.01. The second kappa shape index (κ2) is 13.2. The average Bonchev–Trinajstić information content (AvgIpc) is 3.45. The predicted octanol–water partition coefficient (Wildman–Crippen LogP) is 3.00. The summed E-state index contributed by atoms with van der Waals surface area (Å²) in [7, 11) is 3.27. The van der Waals surface area contributed by atoms with Crippen molar-refractivity contribution in [3.05, 3.63) is 58.1 Å². The van der Waals surface area contributed by atoms with Gasteiger partial charge in [-0.3, -0.25) is 14.7 Å². The number of primary amides is 1. The lowest BCUT2D eigenvalue weighted by Crippen LogP contribution is -2.36. The first-order chi connectivity index (χ1) is 18.6. The second-order valence-electron chi connectivity index (χ2n) is 9.13. The van der Waals surface area contributed by atoms with Crippen molar-refractivity contribution in [2.45, 2.75) is 31.7 Å². The standard InChI is InChI=1S/C18H18ClFN6O.C9H15NO2/c1-24-18-15(17(23)27)13(25-26-18)5-4-9-6-12(21)10(7-11(9)19)14(16(20)22)8-2-3-8;1-3-9(11)10-6-4-5-8(10)7-12-2/h6-8H,2-3,21-22H2,1H3,(H2,23,27)(H2,24,25,26);3,8H,1,4-7H2,2H3/b16-14-;. The van der Waals surface area contributed by atoms with Crippen molar-refractivity contribution in [2.24, 2.45) is 17.4 Å². The molecule has 0 bridgehead atoms. The van der Waals surface area contributed by atoms with E-state index in [1.54, 1.807) is 26.3 Å². The number of benzene rings is 1. The van der Waals surface area contributed by atoms with Crippen molar-refractivity contribution < 1.29 is 18.7 Å². The maximum atomic E-state index is 13.8. The normalized spacial score (nSPS) is 16.8. The highest BCUT2D eigenvalue weighted by molar-refractivity contribution is 6.32. The van der Waals surface area contributed by atoms with Gasteiger partial charge in [-0.05, 0) is 55.7 Å². The molecule has 1 aromatic heterocycles. The number of ether oxygens (including phenoxy) is 1. The summed E-state index contributed by atoms with van der Waals surface area (Å²) in [4.78, 5) is 24.7. The third kappa shape index (κ3) is 7.10. The number of nitrogen functional groups attached to an aromatic ring is 1. The monoisotopic (exact) mass is 557 g/mol. The number of nitrogens with zero attached hydrogens (tertiary/aromatic N) is 2. The number of H-pyrrole nitrogens is 1. The summed E-state index contributed by atoms with van der Waals surface area (Å²) in [6, 6.07) is 3.37. The molecule has 2 amide bonds. The Balaban J connectivity index is 0.000000293. The number of carbonyl (C=O) groups excluding carboxylic acids is 2. The van der Waals surface area contributed by atoms with Gasteiger partial charge >= 0.3 is 0 Å². The SMILES string of the molecule is C=CC(=O)N1CCCC1COC.CNc1n[nH]c(C#Cc2cc(N)c(/C(=C(\N)F)C3CC3)cc2Cl)c1C(N)=O. The van der Waals surface area contributed by atoms with Gasteiger partial charge in [-0.1, -0.05) is 24.1 Å². The van der Waals surface area contributed by atoms with Crippen molar-refractivity contribution in [3.8, 4) is 11.8 Å². The van der Waals surface area contributed by atoms with E-state index in [1.807, 2.05) is 4.90 Å². The van der Waals surface area contributed by atoms with E-state index >= 15 is 0 Å². The fourth-order valence-corrected chi connectivity index (χ4v) is 4.64. The van der Waals surface area contributed by atoms with Crippen molar-refractivity contribution >= 4 is 40.5 Å². The number of hydrogen-bond donors (Lipinski definition) is 5. The molecule has 4 rings (SSSR count). The second-order valence-corrected chi connectivity index (χ2v) is 9.54. The fraction of sp³-hybridized carbons (Fsp3) is 0.370. The number of nitrogens with two attached hydrogens (primary N) is 3. The summed E-state index contributed by atoms with van der Waals surface area (Å²) >= 11 is 6.30. The number of methoxy groups -OCH3 is 1. The number of nitrogens with one attached hydrogen (secondary N) is 2. The van der Waals surface area contributed by atoms with Gasteiger partial charge in [-0.15, -0.1) is 0 Å². The molecular weight excluding hydrogens is 525 g/mol. The van der Waals surface area contributed by atoms with Crippen LogP contribution in [0.3, 0.4) is 0 Å². The van der Waals surface area contributed by atoms with Gasteiger partial charge in [0.2, 0.25) is 5.91 Å². The molecule has 1 aliphatic heterocycles. The summed E-state index contributed by atoms with van der Waals surface area (Å²) in [5.74, 6) is 4.58. The van der Waals surface area contributed by atoms with Crippen LogP contribution >= 0.6 is 11.6 Å². The molecule has 2 fully saturated rings. The molecule has 0 spiro atoms. The highest BCUT2D eigenvalue weighted by Gasteiger charge is 2.31. The van der Waals surface area contributed by atoms with Crippen LogP contribution in [0.4, 0.5) is 15.9 Å². The van der Waals surface area contributed by atoms with Crippen molar-refractivity contribution in [2.75, 3.05) is 38.4 Å². The molecule has 2 aliphatic rings. The van der Waals surface area contributed by atoms with Gasteiger partial charge in [-0.25, -0.2) is 0 Å². The molecule has 1 aromatic carbocycles. The van der Waals surface area contributed by atoms with Crippen LogP contribution in [-0.2, 0) is 9.53 Å². The number of halogens is 2. The average molecular weight is 558 g/mol. The number of amides is 2. The van der Waals surface area contributed by atoms with Gasteiger partial charge < -0.3 is 32.2 Å². The number of allylic oxidation sites excluding steroid dienone is 1. The minimum Gasteiger partial charge on any atom is -0.398 e. The van der Waals surface area contributed by atoms with Crippen LogP contribution in [0.2, 0.25) is 5.02 Å². The van der Waals surface area contributed by atoms with Crippen LogP contribution in [0.25, 0.3) is 5.57 Å². The predicted molar refractivity (Wildman–Crippen MR) is 150 cm³/mol. The Labute approximate surface area is 231 Å². The summed E-state index contributed by atoms with van der Waals surface area (Å²) < 4.78 is 18.8. The quantitative estimate of drug-likeness (QED) is 0.151. The van der Waals surface area contributed by atoms with E-state index in [0.29, 0.717) is 39.8 Å². The first kappa shape index (κ1) is 29.5. The molecule has 8 N–H and O–H groups in total. The highest BCUT2D eigenvalue weighted by atomic mass is 35.5. The number of rotatable bonds is 7. The van der Waals surface area contributed by atoms with E-state index in [9.17, 15) is 14.0 Å². The largest absolute Gasteiger partial charge is 0.398 e. The Morgan fingerprint density at radius 3 is 2.62 bits per heavy atom. The maximum absolute atomic E-state index is 13.8. The number of anilines is 2. The molecule has 2 heterocycles. The smallest absolute Gasteiger partial charge is 0.255 e. The molecule has 1 aliphatic carbocycles. The zero-order valence-electron chi connectivity index (χ0n) is 21.9. The van der Waals surface area contributed by atoms with Crippen LogP contribution in [0.5, 0.6) is 0 Å². The van der Waals surface area contributed by atoms with E-state index in [4.69, 9.17) is 33.5 Å². The minimum absolute atomic E-state index is 0.0227. The molecule has 39 heavy (non-hydrogen) atoms.